The molecule has 0 fully saturated rings. The quantitative estimate of drug-likeness (QED) is 0.591. The smallest absolute Gasteiger partial charge is 0.221 e. The van der Waals surface area contributed by atoms with Crippen LogP contribution in [0, 0.1) is 0 Å². The molecular weight excluding hydrogens is 190 g/mol. The van der Waals surface area contributed by atoms with E-state index in [1.54, 1.807) is 0 Å². The van der Waals surface area contributed by atoms with Crippen LogP contribution in [0.5, 0.6) is 0 Å². The fourth-order valence-corrected chi connectivity index (χ4v) is 1.35. The molecule has 3 nitrogen and oxygen atoms in total. The Bertz CT molecular complexity index is 330. The summed E-state index contributed by atoms with van der Waals surface area (Å²) in [6.45, 7) is 1.48. The second-order valence-corrected chi connectivity index (χ2v) is 3.44. The van der Waals surface area contributed by atoms with Crippen molar-refractivity contribution in [2.45, 2.75) is 26.2 Å². The topological polar surface area (TPSA) is 46.2 Å². The number of anilines is 1. The van der Waals surface area contributed by atoms with E-state index in [4.69, 9.17) is 0 Å². The molecule has 0 atom stereocenters. The van der Waals surface area contributed by atoms with Crippen LogP contribution >= 0.6 is 0 Å². The van der Waals surface area contributed by atoms with Crippen LogP contribution in [-0.2, 0) is 16.0 Å². The average Bonchev–Trinajstić information content (AvgIpc) is 2.20. The van der Waals surface area contributed by atoms with Gasteiger partial charge in [0.1, 0.15) is 6.29 Å². The molecule has 0 spiro atoms. The van der Waals surface area contributed by atoms with E-state index in [2.05, 4.69) is 5.32 Å². The summed E-state index contributed by atoms with van der Waals surface area (Å²) >= 11 is 0. The minimum atomic E-state index is -0.0660. The number of unbranched alkanes of at least 4 members (excludes halogenated alkanes) is 1. The van der Waals surface area contributed by atoms with Crippen molar-refractivity contribution in [3.8, 4) is 0 Å². The number of amides is 1. The van der Waals surface area contributed by atoms with E-state index in [1.807, 2.05) is 24.3 Å². The predicted molar refractivity (Wildman–Crippen MR) is 59.7 cm³/mol. The minimum absolute atomic E-state index is 0.0660. The second kappa shape index (κ2) is 5.96. The van der Waals surface area contributed by atoms with Gasteiger partial charge in [-0.2, -0.15) is 0 Å². The number of benzene rings is 1. The van der Waals surface area contributed by atoms with Crippen LogP contribution in [0.3, 0.4) is 0 Å². The summed E-state index contributed by atoms with van der Waals surface area (Å²) < 4.78 is 0. The van der Waals surface area contributed by atoms with Gasteiger partial charge in [0.05, 0.1) is 0 Å². The summed E-state index contributed by atoms with van der Waals surface area (Å²) in [6, 6.07) is 7.68. The molecule has 0 aromatic heterocycles. The van der Waals surface area contributed by atoms with E-state index in [0.717, 1.165) is 24.8 Å². The molecule has 0 unspecified atom stereocenters. The number of carbonyl (C=O) groups excluding carboxylic acids is 2. The fraction of sp³-hybridized carbons (Fsp3) is 0.333. The zero-order valence-electron chi connectivity index (χ0n) is 8.82. The lowest BCUT2D eigenvalue weighted by molar-refractivity contribution is -0.114. The lowest BCUT2D eigenvalue weighted by Gasteiger charge is -2.03. The molecule has 15 heavy (non-hydrogen) atoms. The van der Waals surface area contributed by atoms with Gasteiger partial charge in [-0.25, -0.2) is 0 Å². The van der Waals surface area contributed by atoms with Crippen molar-refractivity contribution in [1.82, 2.24) is 0 Å². The number of hydrogen-bond acceptors (Lipinski definition) is 2. The summed E-state index contributed by atoms with van der Waals surface area (Å²) in [7, 11) is 0. The van der Waals surface area contributed by atoms with Crippen molar-refractivity contribution in [3.05, 3.63) is 29.8 Å². The highest BCUT2D eigenvalue weighted by molar-refractivity contribution is 5.88. The highest BCUT2D eigenvalue weighted by atomic mass is 16.1. The second-order valence-electron chi connectivity index (χ2n) is 3.44. The van der Waals surface area contributed by atoms with Crippen LogP contribution in [-0.4, -0.2) is 12.2 Å². The summed E-state index contributed by atoms with van der Waals surface area (Å²) in [4.78, 5) is 20.9. The maximum Gasteiger partial charge on any atom is 0.221 e. The van der Waals surface area contributed by atoms with Gasteiger partial charge in [0.15, 0.2) is 0 Å². The van der Waals surface area contributed by atoms with E-state index in [0.29, 0.717) is 6.42 Å². The van der Waals surface area contributed by atoms with Gasteiger partial charge in [-0.15, -0.1) is 0 Å². The lowest BCUT2D eigenvalue weighted by Crippen LogP contribution is -2.05. The summed E-state index contributed by atoms with van der Waals surface area (Å²) in [5, 5.41) is 2.70. The third-order valence-corrected chi connectivity index (χ3v) is 2.06. The molecule has 0 bridgehead atoms. The number of carbonyl (C=O) groups is 2. The molecule has 1 rings (SSSR count). The zero-order chi connectivity index (χ0) is 11.1. The minimum Gasteiger partial charge on any atom is -0.326 e. The third kappa shape index (κ3) is 4.40. The first-order valence-corrected chi connectivity index (χ1v) is 5.02. The van der Waals surface area contributed by atoms with E-state index in [1.165, 1.54) is 12.5 Å². The molecule has 80 valence electrons. The van der Waals surface area contributed by atoms with E-state index >= 15 is 0 Å². The van der Waals surface area contributed by atoms with Crippen molar-refractivity contribution in [2.24, 2.45) is 0 Å². The Balaban J connectivity index is 2.48. The Morgan fingerprint density at radius 3 is 2.53 bits per heavy atom. The highest BCUT2D eigenvalue weighted by Gasteiger charge is 1.96. The maximum atomic E-state index is 10.8. The van der Waals surface area contributed by atoms with Gasteiger partial charge in [-0.1, -0.05) is 12.1 Å². The van der Waals surface area contributed by atoms with Crippen molar-refractivity contribution < 1.29 is 9.59 Å². The van der Waals surface area contributed by atoms with Gasteiger partial charge >= 0.3 is 0 Å². The predicted octanol–water partition coefficient (Wildman–Crippen LogP) is 2.17. The van der Waals surface area contributed by atoms with Gasteiger partial charge < -0.3 is 10.1 Å². The van der Waals surface area contributed by atoms with Crippen molar-refractivity contribution >= 4 is 17.9 Å². The first-order chi connectivity index (χ1) is 7.22. The first-order valence-electron chi connectivity index (χ1n) is 5.02. The molecular formula is C12H15NO2. The maximum absolute atomic E-state index is 10.8. The highest BCUT2D eigenvalue weighted by Crippen LogP contribution is 2.11. The zero-order valence-corrected chi connectivity index (χ0v) is 8.82. The Morgan fingerprint density at radius 1 is 1.33 bits per heavy atom. The van der Waals surface area contributed by atoms with Gasteiger partial charge in [0, 0.05) is 19.0 Å². The first kappa shape index (κ1) is 11.4. The number of aryl methyl sites for hydroxylation is 1. The molecule has 0 aliphatic carbocycles. The molecule has 0 heterocycles. The largest absolute Gasteiger partial charge is 0.326 e. The van der Waals surface area contributed by atoms with Crippen LogP contribution < -0.4 is 5.32 Å². The molecule has 0 saturated carbocycles. The van der Waals surface area contributed by atoms with Gasteiger partial charge in [0.2, 0.25) is 5.91 Å². The van der Waals surface area contributed by atoms with Crippen molar-refractivity contribution in [2.75, 3.05) is 5.32 Å². The van der Waals surface area contributed by atoms with Crippen molar-refractivity contribution in [1.29, 1.82) is 0 Å². The Morgan fingerprint density at radius 2 is 2.00 bits per heavy atom. The molecule has 1 amide bonds. The molecule has 0 aliphatic heterocycles. The average molecular weight is 205 g/mol. The van der Waals surface area contributed by atoms with Gasteiger partial charge in [-0.3, -0.25) is 4.79 Å². The summed E-state index contributed by atoms with van der Waals surface area (Å²) in [6.07, 6.45) is 3.32. The van der Waals surface area contributed by atoms with E-state index in [9.17, 15) is 9.59 Å². The summed E-state index contributed by atoms with van der Waals surface area (Å²) in [5.41, 5.74) is 1.99. The Kier molecular flexibility index (Phi) is 4.54. The number of nitrogens with one attached hydrogen (secondary N) is 1. The van der Waals surface area contributed by atoms with Gasteiger partial charge in [0.25, 0.3) is 0 Å². The standard InChI is InChI=1S/C12H15NO2/c1-10(15)13-12-7-5-11(6-8-12)4-2-3-9-14/h5-9H,2-4H2,1H3,(H,13,15). The molecule has 1 aromatic rings. The fourth-order valence-electron chi connectivity index (χ4n) is 1.35. The molecule has 0 radical (unpaired) electrons. The van der Waals surface area contributed by atoms with Crippen LogP contribution in [0.25, 0.3) is 0 Å². The molecule has 1 aromatic carbocycles. The third-order valence-electron chi connectivity index (χ3n) is 2.06. The van der Waals surface area contributed by atoms with Crippen LogP contribution in [0.2, 0.25) is 0 Å². The van der Waals surface area contributed by atoms with Crippen molar-refractivity contribution in [3.63, 3.8) is 0 Å². The normalized spacial score (nSPS) is 9.67. The van der Waals surface area contributed by atoms with Crippen LogP contribution in [0.4, 0.5) is 5.69 Å². The van der Waals surface area contributed by atoms with Gasteiger partial charge in [-0.05, 0) is 30.5 Å². The van der Waals surface area contributed by atoms with E-state index in [-0.39, 0.29) is 5.91 Å². The number of rotatable bonds is 5. The molecule has 0 aliphatic rings. The SMILES string of the molecule is CC(=O)Nc1ccc(CCCC=O)cc1. The van der Waals surface area contributed by atoms with Crippen LogP contribution in [0.15, 0.2) is 24.3 Å². The van der Waals surface area contributed by atoms with Crippen LogP contribution in [0.1, 0.15) is 25.3 Å². The summed E-state index contributed by atoms with van der Waals surface area (Å²) in [5.74, 6) is -0.0660. The molecule has 3 heteroatoms. The Hall–Kier alpha value is -1.64. The Labute approximate surface area is 89.5 Å². The van der Waals surface area contributed by atoms with E-state index < -0.39 is 0 Å². The molecule has 0 saturated heterocycles. The molecule has 1 N–H and O–H groups in total. The number of aldehydes is 1. The monoisotopic (exact) mass is 205 g/mol. The lowest BCUT2D eigenvalue weighted by atomic mass is 10.1. The number of hydrogen-bond donors (Lipinski definition) is 1.